The zero-order valence-corrected chi connectivity index (χ0v) is 14.3. The number of imide groups is 1. The number of ether oxygens (including phenoxy) is 1. The van der Waals surface area contributed by atoms with E-state index in [-0.39, 0.29) is 23.7 Å². The Morgan fingerprint density at radius 2 is 1.74 bits per heavy atom. The van der Waals surface area contributed by atoms with Crippen LogP contribution in [0.5, 0.6) is 0 Å². The zero-order valence-electron chi connectivity index (χ0n) is 14.3. The number of hydrogen-bond donors (Lipinski definition) is 2. The van der Waals surface area contributed by atoms with Gasteiger partial charge in [-0.3, -0.25) is 14.5 Å². The minimum Gasteiger partial charge on any atom is -0.452 e. The summed E-state index contributed by atoms with van der Waals surface area (Å²) in [6.45, 7) is 0.0407. The summed E-state index contributed by atoms with van der Waals surface area (Å²) < 4.78 is 5.02. The van der Waals surface area contributed by atoms with Crippen molar-refractivity contribution >= 4 is 29.5 Å². The Morgan fingerprint density at radius 3 is 2.44 bits per heavy atom. The third kappa shape index (κ3) is 4.30. The van der Waals surface area contributed by atoms with Gasteiger partial charge in [0, 0.05) is 18.7 Å². The van der Waals surface area contributed by atoms with E-state index in [1.54, 1.807) is 48.5 Å². The minimum atomic E-state index is -0.771. The maximum Gasteiger partial charge on any atom is 0.340 e. The summed E-state index contributed by atoms with van der Waals surface area (Å²) in [5.74, 6) is -1.75. The van der Waals surface area contributed by atoms with Crippen molar-refractivity contribution in [3.63, 3.8) is 0 Å². The van der Waals surface area contributed by atoms with Crippen LogP contribution >= 0.6 is 0 Å². The number of nitrogens with zero attached hydrogens (tertiary/aromatic N) is 1. The van der Waals surface area contributed by atoms with Crippen LogP contribution in [-0.4, -0.2) is 48.4 Å². The van der Waals surface area contributed by atoms with Crippen LogP contribution in [0, 0.1) is 0 Å². The lowest BCUT2D eigenvalue weighted by Gasteiger charge is -2.13. The summed E-state index contributed by atoms with van der Waals surface area (Å²) in [4.78, 5) is 49.0. The minimum absolute atomic E-state index is 0.112. The highest BCUT2D eigenvalue weighted by Gasteiger charge is 2.27. The second kappa shape index (κ2) is 8.13. The van der Waals surface area contributed by atoms with Crippen LogP contribution in [0.3, 0.4) is 0 Å². The normalized spacial score (nSPS) is 13.0. The lowest BCUT2D eigenvalue weighted by atomic mass is 10.1. The predicted octanol–water partition coefficient (Wildman–Crippen LogP) is 1.65. The van der Waals surface area contributed by atoms with Crippen LogP contribution in [-0.2, 0) is 9.53 Å². The molecule has 0 aromatic heterocycles. The van der Waals surface area contributed by atoms with Gasteiger partial charge in [0.2, 0.25) is 0 Å². The molecule has 0 aliphatic carbocycles. The topological polar surface area (TPSA) is 105 Å². The number of esters is 1. The first kappa shape index (κ1) is 18.1. The van der Waals surface area contributed by atoms with Gasteiger partial charge in [0.1, 0.15) is 0 Å². The van der Waals surface area contributed by atoms with Gasteiger partial charge < -0.3 is 15.4 Å². The molecule has 0 saturated carbocycles. The van der Waals surface area contributed by atoms with Crippen molar-refractivity contribution in [1.82, 2.24) is 10.2 Å². The molecule has 0 radical (unpaired) electrons. The van der Waals surface area contributed by atoms with Gasteiger partial charge in [0.05, 0.1) is 11.3 Å². The van der Waals surface area contributed by atoms with Gasteiger partial charge in [-0.15, -0.1) is 0 Å². The van der Waals surface area contributed by atoms with E-state index in [0.29, 0.717) is 12.1 Å². The summed E-state index contributed by atoms with van der Waals surface area (Å²) in [5, 5.41) is 5.15. The lowest BCUT2D eigenvalue weighted by molar-refractivity contribution is -0.130. The molecule has 1 heterocycles. The Bertz CT molecular complexity index is 882. The van der Waals surface area contributed by atoms with E-state index in [4.69, 9.17) is 4.74 Å². The summed E-state index contributed by atoms with van der Waals surface area (Å²) in [6, 6.07) is 14.4. The second-order valence-electron chi connectivity index (χ2n) is 5.72. The standard InChI is InChI=1S/C19H17N3O5/c23-16(22-11-10-20-19(22)26)12-27-18(25)14-8-4-5-9-15(14)21-17(24)13-6-2-1-3-7-13/h1-9H,10-12H2,(H,20,26)(H,21,24). The van der Waals surface area contributed by atoms with Crippen molar-refractivity contribution in [2.45, 2.75) is 0 Å². The number of carbonyl (C=O) groups excluding carboxylic acids is 4. The van der Waals surface area contributed by atoms with E-state index in [0.717, 1.165) is 4.90 Å². The largest absolute Gasteiger partial charge is 0.452 e. The Kier molecular flexibility index (Phi) is 5.46. The number of amides is 4. The number of urea groups is 1. The Hall–Kier alpha value is -3.68. The number of benzene rings is 2. The number of carbonyl (C=O) groups is 4. The number of anilines is 1. The number of nitrogens with one attached hydrogen (secondary N) is 2. The van der Waals surface area contributed by atoms with Crippen molar-refractivity contribution in [1.29, 1.82) is 0 Å². The molecule has 4 amide bonds. The predicted molar refractivity (Wildman–Crippen MR) is 96.2 cm³/mol. The molecule has 2 aromatic carbocycles. The molecule has 8 heteroatoms. The van der Waals surface area contributed by atoms with Crippen LogP contribution in [0.2, 0.25) is 0 Å². The highest BCUT2D eigenvalue weighted by Crippen LogP contribution is 2.17. The second-order valence-corrected chi connectivity index (χ2v) is 5.72. The van der Waals surface area contributed by atoms with E-state index in [1.807, 2.05) is 0 Å². The number of rotatable bonds is 5. The monoisotopic (exact) mass is 367 g/mol. The maximum absolute atomic E-state index is 12.3. The molecule has 0 atom stereocenters. The molecular weight excluding hydrogens is 350 g/mol. The third-order valence-electron chi connectivity index (χ3n) is 3.92. The molecule has 1 fully saturated rings. The lowest BCUT2D eigenvalue weighted by Crippen LogP contribution is -2.37. The summed E-state index contributed by atoms with van der Waals surface area (Å²) >= 11 is 0. The van der Waals surface area contributed by atoms with E-state index < -0.39 is 24.5 Å². The number of hydrogen-bond acceptors (Lipinski definition) is 5. The molecule has 0 spiro atoms. The summed E-state index contributed by atoms with van der Waals surface area (Å²) in [7, 11) is 0. The van der Waals surface area contributed by atoms with Crippen molar-refractivity contribution in [2.24, 2.45) is 0 Å². The van der Waals surface area contributed by atoms with Gasteiger partial charge >= 0.3 is 12.0 Å². The fourth-order valence-electron chi connectivity index (χ4n) is 2.55. The van der Waals surface area contributed by atoms with Gasteiger partial charge in [-0.1, -0.05) is 30.3 Å². The first-order valence-electron chi connectivity index (χ1n) is 8.27. The van der Waals surface area contributed by atoms with Crippen LogP contribution < -0.4 is 10.6 Å². The Labute approximate surface area is 155 Å². The van der Waals surface area contributed by atoms with E-state index in [2.05, 4.69) is 10.6 Å². The van der Waals surface area contributed by atoms with Crippen LogP contribution in [0.4, 0.5) is 10.5 Å². The maximum atomic E-state index is 12.3. The fourth-order valence-corrected chi connectivity index (χ4v) is 2.55. The highest BCUT2D eigenvalue weighted by atomic mass is 16.5. The van der Waals surface area contributed by atoms with Gasteiger partial charge in [-0.05, 0) is 24.3 Å². The molecule has 0 bridgehead atoms. The van der Waals surface area contributed by atoms with Crippen LogP contribution in [0.25, 0.3) is 0 Å². The molecule has 27 heavy (non-hydrogen) atoms. The molecule has 8 nitrogen and oxygen atoms in total. The SMILES string of the molecule is O=C(Nc1ccccc1C(=O)OCC(=O)N1CCNC1=O)c1ccccc1. The third-order valence-corrected chi connectivity index (χ3v) is 3.92. The average molecular weight is 367 g/mol. The smallest absolute Gasteiger partial charge is 0.340 e. The van der Waals surface area contributed by atoms with Gasteiger partial charge in [0.15, 0.2) is 6.61 Å². The first-order valence-corrected chi connectivity index (χ1v) is 8.27. The van der Waals surface area contributed by atoms with Crippen molar-refractivity contribution in [2.75, 3.05) is 25.0 Å². The number of para-hydroxylation sites is 1. The summed E-state index contributed by atoms with van der Waals surface area (Å²) in [5.41, 5.74) is 0.819. The highest BCUT2D eigenvalue weighted by molar-refractivity contribution is 6.08. The zero-order chi connectivity index (χ0) is 19.2. The van der Waals surface area contributed by atoms with Crippen molar-refractivity contribution in [3.8, 4) is 0 Å². The molecule has 1 saturated heterocycles. The van der Waals surface area contributed by atoms with Gasteiger partial charge in [0.25, 0.3) is 11.8 Å². The van der Waals surface area contributed by atoms with E-state index in [1.165, 1.54) is 6.07 Å². The summed E-state index contributed by atoms with van der Waals surface area (Å²) in [6.07, 6.45) is 0. The van der Waals surface area contributed by atoms with Gasteiger partial charge in [-0.2, -0.15) is 0 Å². The van der Waals surface area contributed by atoms with E-state index in [9.17, 15) is 19.2 Å². The quantitative estimate of drug-likeness (QED) is 0.782. The molecule has 1 aliphatic heterocycles. The van der Waals surface area contributed by atoms with E-state index >= 15 is 0 Å². The molecule has 2 aromatic rings. The Balaban J connectivity index is 1.66. The average Bonchev–Trinajstić information content (AvgIpc) is 3.13. The fraction of sp³-hybridized carbons (Fsp3) is 0.158. The van der Waals surface area contributed by atoms with Crippen molar-refractivity contribution < 1.29 is 23.9 Å². The van der Waals surface area contributed by atoms with Crippen LogP contribution in [0.15, 0.2) is 54.6 Å². The Morgan fingerprint density at radius 1 is 1.04 bits per heavy atom. The molecular formula is C19H17N3O5. The molecule has 138 valence electrons. The first-order chi connectivity index (χ1) is 13.1. The van der Waals surface area contributed by atoms with Crippen LogP contribution in [0.1, 0.15) is 20.7 Å². The van der Waals surface area contributed by atoms with Gasteiger partial charge in [-0.25, -0.2) is 9.59 Å². The molecule has 0 unspecified atom stereocenters. The molecule has 1 aliphatic rings. The molecule has 2 N–H and O–H groups in total. The van der Waals surface area contributed by atoms with Crippen molar-refractivity contribution in [3.05, 3.63) is 65.7 Å². The molecule has 3 rings (SSSR count).